The predicted molar refractivity (Wildman–Crippen MR) is 215 cm³/mol. The molecule has 0 saturated carbocycles. The number of carbonyl (C=O) groups excluding carboxylic acids is 1. The first kappa shape index (κ1) is 47.8. The number of nitrogens with one attached hydrogen (secondary N) is 2. The van der Waals surface area contributed by atoms with E-state index >= 15 is 0 Å². The van der Waals surface area contributed by atoms with E-state index in [2.05, 4.69) is 55.5 Å². The van der Waals surface area contributed by atoms with Gasteiger partial charge in [0.25, 0.3) is 5.91 Å². The number of carbonyl (C=O) groups is 1. The molecule has 4 aromatic rings. The fourth-order valence-corrected chi connectivity index (χ4v) is 7.40. The van der Waals surface area contributed by atoms with Gasteiger partial charge in [0.1, 0.15) is 12.8 Å². The van der Waals surface area contributed by atoms with Crippen molar-refractivity contribution in [1.82, 2.24) is 20.3 Å². The number of aliphatic hydroxyl groups is 1. The molecule has 0 radical (unpaired) electrons. The lowest BCUT2D eigenvalue weighted by atomic mass is 9.99. The minimum Gasteiger partial charge on any atom is -0.386 e. The summed E-state index contributed by atoms with van der Waals surface area (Å²) >= 11 is 6.49. The lowest BCUT2D eigenvalue weighted by molar-refractivity contribution is -0.133. The van der Waals surface area contributed by atoms with Crippen LogP contribution in [0.15, 0.2) is 96.9 Å². The van der Waals surface area contributed by atoms with Gasteiger partial charge in [0.05, 0.1) is 59.8 Å². The van der Waals surface area contributed by atoms with Crippen LogP contribution in [0.25, 0.3) is 11.1 Å². The maximum absolute atomic E-state index is 13.1. The van der Waals surface area contributed by atoms with Gasteiger partial charge in [-0.15, -0.1) is 8.73 Å². The third kappa shape index (κ3) is 18.1. The predicted octanol–water partition coefficient (Wildman–Crippen LogP) is 6.52. The Bertz CT molecular complexity index is 2360. The number of halogens is 5. The van der Waals surface area contributed by atoms with Crippen molar-refractivity contribution in [2.24, 2.45) is 8.73 Å². The average Bonchev–Trinajstić information content (AvgIpc) is 3.12. The molecular weight excluding hydrogens is 927 g/mol. The van der Waals surface area contributed by atoms with E-state index in [1.165, 1.54) is 43.3 Å². The van der Waals surface area contributed by atoms with E-state index in [0.29, 0.717) is 28.2 Å². The van der Waals surface area contributed by atoms with Gasteiger partial charge in [-0.1, -0.05) is 30.3 Å². The summed E-state index contributed by atoms with van der Waals surface area (Å²) in [6.45, 7) is -1.22. The SMILES string of the molecule is CS(=N)(=O)Cc1ccc(Br)cn1.CS(=O)(Cc1ccc(-c2ccc([C@@H](O)[C@@H](CF)NC(=O)C(F)F)cc2)cn1)=NC#N.CS(=O)(Cc1ccc(Br)cn1)=NC#N. The summed E-state index contributed by atoms with van der Waals surface area (Å²) < 4.78 is 88.1. The maximum atomic E-state index is 13.1. The van der Waals surface area contributed by atoms with Gasteiger partial charge in [0.15, 0.2) is 0 Å². The van der Waals surface area contributed by atoms with E-state index in [1.54, 1.807) is 60.3 Å². The zero-order valence-electron chi connectivity index (χ0n) is 29.9. The van der Waals surface area contributed by atoms with Crippen molar-refractivity contribution in [1.29, 1.82) is 15.3 Å². The number of benzene rings is 1. The number of rotatable bonds is 12. The number of aliphatic hydroxyl groups excluding tert-OH is 1. The zero-order chi connectivity index (χ0) is 42.1. The van der Waals surface area contributed by atoms with Crippen LogP contribution in [0.3, 0.4) is 0 Å². The standard InChI is InChI=1S/C19H19F3N4O3S.C8H8BrN3OS.C7H9BrN2OS/c1-30(29,25-11-23)10-15-7-6-14(9-24-15)12-2-4-13(5-3-12)17(27)16(8-20)26-19(28)18(21)22;1-14(13,12-6-10)5-8-3-2-7(9)4-11-8;1-12(9,11)5-7-3-2-6(8)4-10-7/h2-7,9,16-18,27H,8,10H2,1H3,(H,26,28);2-4H,5H2,1H3;2-4,9H,5H2,1H3/t16-,17-,30?;;/m1../s1. The van der Waals surface area contributed by atoms with Gasteiger partial charge in [-0.25, -0.2) is 17.0 Å². The van der Waals surface area contributed by atoms with Gasteiger partial charge >= 0.3 is 6.43 Å². The number of amides is 1. The van der Waals surface area contributed by atoms with Crippen LogP contribution in [0.1, 0.15) is 28.7 Å². The highest BCUT2D eigenvalue weighted by Gasteiger charge is 2.26. The number of nitriles is 2. The number of pyridine rings is 3. The maximum Gasteiger partial charge on any atom is 0.315 e. The molecular formula is C34H36Br2F3N9O5S3. The van der Waals surface area contributed by atoms with Gasteiger partial charge in [-0.2, -0.15) is 19.3 Å². The molecule has 4 rings (SSSR count). The molecule has 14 nitrogen and oxygen atoms in total. The van der Waals surface area contributed by atoms with Crippen LogP contribution >= 0.6 is 31.9 Å². The van der Waals surface area contributed by atoms with Crippen LogP contribution in [0.5, 0.6) is 0 Å². The van der Waals surface area contributed by atoms with Crippen molar-refractivity contribution in [3.8, 4) is 23.5 Å². The Morgan fingerprint density at radius 1 is 0.786 bits per heavy atom. The Hall–Kier alpha value is -4.32. The first-order valence-electron chi connectivity index (χ1n) is 15.6. The highest BCUT2D eigenvalue weighted by atomic mass is 79.9. The number of aromatic nitrogens is 3. The van der Waals surface area contributed by atoms with Crippen molar-refractivity contribution in [3.63, 3.8) is 0 Å². The van der Waals surface area contributed by atoms with Crippen LogP contribution in [-0.2, 0) is 51.2 Å². The summed E-state index contributed by atoms with van der Waals surface area (Å²) in [7, 11) is -7.62. The number of nitrogens with zero attached hydrogens (tertiary/aromatic N) is 7. The molecule has 1 amide bonds. The largest absolute Gasteiger partial charge is 0.386 e. The number of alkyl halides is 3. The molecule has 0 spiro atoms. The molecule has 3 unspecified atom stereocenters. The molecule has 3 heterocycles. The monoisotopic (exact) mass is 961 g/mol. The molecule has 0 bridgehead atoms. The second-order valence-corrected chi connectivity index (χ2v) is 20.8. The Labute approximate surface area is 340 Å². The Balaban J connectivity index is 0.000000342. The van der Waals surface area contributed by atoms with E-state index in [0.717, 1.165) is 8.95 Å². The van der Waals surface area contributed by atoms with Crippen molar-refractivity contribution >= 4 is 67.0 Å². The van der Waals surface area contributed by atoms with Gasteiger partial charge in [-0.3, -0.25) is 24.5 Å². The third-order valence-corrected chi connectivity index (χ3v) is 11.2. The highest BCUT2D eigenvalue weighted by molar-refractivity contribution is 9.10. The summed E-state index contributed by atoms with van der Waals surface area (Å²) in [6.07, 6.45) is 7.29. The lowest BCUT2D eigenvalue weighted by Crippen LogP contribution is -2.43. The van der Waals surface area contributed by atoms with E-state index < -0.39 is 60.3 Å². The average molecular weight is 964 g/mol. The van der Waals surface area contributed by atoms with Crippen molar-refractivity contribution in [3.05, 3.63) is 111 Å². The van der Waals surface area contributed by atoms with Gasteiger partial charge in [0.2, 0.25) is 12.4 Å². The topological polar surface area (TPSA) is 235 Å². The molecule has 3 N–H and O–H groups in total. The van der Waals surface area contributed by atoms with E-state index in [9.17, 15) is 35.7 Å². The van der Waals surface area contributed by atoms with Crippen LogP contribution in [0.4, 0.5) is 13.2 Å². The second kappa shape index (κ2) is 22.4. The van der Waals surface area contributed by atoms with Crippen LogP contribution < -0.4 is 5.32 Å². The zero-order valence-corrected chi connectivity index (χ0v) is 35.5. The molecule has 0 saturated heterocycles. The molecule has 0 aliphatic carbocycles. The fraction of sp³-hybridized carbons (Fsp3) is 0.294. The second-order valence-electron chi connectivity index (χ2n) is 11.9. The highest BCUT2D eigenvalue weighted by Crippen LogP contribution is 2.24. The van der Waals surface area contributed by atoms with Crippen molar-refractivity contribution in [2.45, 2.75) is 35.8 Å². The third-order valence-electron chi connectivity index (χ3n) is 6.78. The molecule has 5 atom stereocenters. The molecule has 0 aliphatic rings. The van der Waals surface area contributed by atoms with Gasteiger partial charge in [-0.05, 0) is 73.3 Å². The molecule has 300 valence electrons. The van der Waals surface area contributed by atoms with E-state index in [-0.39, 0.29) is 22.8 Å². The summed E-state index contributed by atoms with van der Waals surface area (Å²) in [6, 6.07) is 15.2. The fourth-order valence-electron chi connectivity index (χ4n) is 4.29. The van der Waals surface area contributed by atoms with Crippen LogP contribution in [0.2, 0.25) is 0 Å². The Kier molecular flexibility index (Phi) is 19.2. The molecule has 0 fully saturated rings. The molecule has 56 heavy (non-hydrogen) atoms. The van der Waals surface area contributed by atoms with Crippen LogP contribution in [0, 0.1) is 27.7 Å². The number of hydrogen-bond donors (Lipinski definition) is 3. The van der Waals surface area contributed by atoms with Crippen molar-refractivity contribution in [2.75, 3.05) is 25.4 Å². The molecule has 3 aromatic heterocycles. The summed E-state index contributed by atoms with van der Waals surface area (Å²) in [5.74, 6) is -1.20. The Morgan fingerprint density at radius 2 is 1.21 bits per heavy atom. The summed E-state index contributed by atoms with van der Waals surface area (Å²) in [4.78, 5) is 23.3. The van der Waals surface area contributed by atoms with Gasteiger partial charge in [0, 0.05) is 61.6 Å². The smallest absolute Gasteiger partial charge is 0.315 e. The van der Waals surface area contributed by atoms with Crippen molar-refractivity contribution < 1.29 is 35.7 Å². The van der Waals surface area contributed by atoms with Crippen LogP contribution in [-0.4, -0.2) is 76.5 Å². The van der Waals surface area contributed by atoms with E-state index in [1.807, 2.05) is 12.1 Å². The Morgan fingerprint density at radius 3 is 1.57 bits per heavy atom. The summed E-state index contributed by atoms with van der Waals surface area (Å²) in [5.41, 5.74) is 3.51. The minimum atomic E-state index is -3.31. The summed E-state index contributed by atoms with van der Waals surface area (Å²) in [5, 5.41) is 28.8. The molecule has 1 aromatic carbocycles. The normalized spacial score (nSPS) is 14.9. The van der Waals surface area contributed by atoms with Gasteiger partial charge < -0.3 is 10.4 Å². The lowest BCUT2D eigenvalue weighted by Gasteiger charge is -2.22. The minimum absolute atomic E-state index is 0.0287. The quantitative estimate of drug-likeness (QED) is 0.130. The number of hydrogen-bond acceptors (Lipinski definition) is 13. The molecule has 0 aliphatic heterocycles. The molecule has 22 heteroatoms. The first-order valence-corrected chi connectivity index (χ1v) is 23.5. The van der Waals surface area contributed by atoms with E-state index in [4.69, 9.17) is 15.3 Å². The first-order chi connectivity index (χ1) is 26.2.